The first-order valence-corrected chi connectivity index (χ1v) is 7.04. The van der Waals surface area contributed by atoms with Gasteiger partial charge < -0.3 is 14.3 Å². The number of anilines is 1. The number of benzene rings is 1. The zero-order valence-electron chi connectivity index (χ0n) is 12.2. The summed E-state index contributed by atoms with van der Waals surface area (Å²) >= 11 is 0. The molecule has 5 heteroatoms. The standard InChI is InChI=1S/C16H18N4O/c1-3-20-9-8-13(11-20)10-17-15-7-5-4-6-14(15)16-19-18-12(2)21-16/h4-9,11,17H,3,10H2,1-2H3. The molecule has 0 aliphatic rings. The van der Waals surface area contributed by atoms with Gasteiger partial charge in [-0.1, -0.05) is 12.1 Å². The highest BCUT2D eigenvalue weighted by Gasteiger charge is 2.10. The Labute approximate surface area is 123 Å². The van der Waals surface area contributed by atoms with Crippen molar-refractivity contribution in [3.63, 3.8) is 0 Å². The van der Waals surface area contributed by atoms with Crippen molar-refractivity contribution in [1.82, 2.24) is 14.8 Å². The summed E-state index contributed by atoms with van der Waals surface area (Å²) in [6.07, 6.45) is 4.23. The number of nitrogens with zero attached hydrogens (tertiary/aromatic N) is 3. The average Bonchev–Trinajstić information content (AvgIpc) is 3.14. The lowest BCUT2D eigenvalue weighted by atomic mass is 10.1. The van der Waals surface area contributed by atoms with Crippen LogP contribution in [0.2, 0.25) is 0 Å². The Morgan fingerprint density at radius 2 is 2.05 bits per heavy atom. The van der Waals surface area contributed by atoms with Crippen LogP contribution in [0.3, 0.4) is 0 Å². The predicted molar refractivity (Wildman–Crippen MR) is 81.9 cm³/mol. The van der Waals surface area contributed by atoms with E-state index in [-0.39, 0.29) is 0 Å². The number of aryl methyl sites for hydroxylation is 2. The summed E-state index contributed by atoms with van der Waals surface area (Å²) in [7, 11) is 0. The Bertz CT molecular complexity index is 729. The van der Waals surface area contributed by atoms with Crippen molar-refractivity contribution in [2.45, 2.75) is 26.9 Å². The lowest BCUT2D eigenvalue weighted by Gasteiger charge is -2.08. The van der Waals surface area contributed by atoms with Gasteiger partial charge in [0.2, 0.25) is 11.8 Å². The molecule has 2 aromatic heterocycles. The van der Waals surface area contributed by atoms with E-state index in [2.05, 4.69) is 45.5 Å². The molecule has 5 nitrogen and oxygen atoms in total. The van der Waals surface area contributed by atoms with Crippen molar-refractivity contribution >= 4 is 5.69 Å². The van der Waals surface area contributed by atoms with Gasteiger partial charge in [0, 0.05) is 38.1 Å². The van der Waals surface area contributed by atoms with Gasteiger partial charge in [-0.05, 0) is 30.7 Å². The van der Waals surface area contributed by atoms with Gasteiger partial charge in [0.05, 0.1) is 5.56 Å². The Morgan fingerprint density at radius 1 is 1.19 bits per heavy atom. The molecule has 3 rings (SSSR count). The van der Waals surface area contributed by atoms with Crippen LogP contribution in [-0.2, 0) is 13.1 Å². The van der Waals surface area contributed by atoms with Gasteiger partial charge in [0.15, 0.2) is 0 Å². The fraction of sp³-hybridized carbons (Fsp3) is 0.250. The van der Waals surface area contributed by atoms with Gasteiger partial charge >= 0.3 is 0 Å². The number of nitrogens with one attached hydrogen (secondary N) is 1. The van der Waals surface area contributed by atoms with Crippen molar-refractivity contribution in [2.24, 2.45) is 0 Å². The lowest BCUT2D eigenvalue weighted by Crippen LogP contribution is -2.00. The molecule has 0 saturated carbocycles. The van der Waals surface area contributed by atoms with Gasteiger partial charge in [0.25, 0.3) is 0 Å². The summed E-state index contributed by atoms with van der Waals surface area (Å²) in [5, 5.41) is 11.4. The zero-order valence-corrected chi connectivity index (χ0v) is 12.2. The summed E-state index contributed by atoms with van der Waals surface area (Å²) in [4.78, 5) is 0. The SMILES string of the molecule is CCn1ccc(CNc2ccccc2-c2nnc(C)o2)c1. The second-order valence-corrected chi connectivity index (χ2v) is 4.88. The van der Waals surface area contributed by atoms with E-state index in [1.165, 1.54) is 5.56 Å². The number of hydrogen-bond donors (Lipinski definition) is 1. The second kappa shape index (κ2) is 5.83. The molecule has 0 radical (unpaired) electrons. The molecule has 0 spiro atoms. The van der Waals surface area contributed by atoms with Gasteiger partial charge in [-0.15, -0.1) is 10.2 Å². The largest absolute Gasteiger partial charge is 0.421 e. The van der Waals surface area contributed by atoms with E-state index in [4.69, 9.17) is 4.42 Å². The molecule has 0 unspecified atom stereocenters. The molecule has 0 atom stereocenters. The minimum Gasteiger partial charge on any atom is -0.421 e. The molecular weight excluding hydrogens is 264 g/mol. The van der Waals surface area contributed by atoms with E-state index >= 15 is 0 Å². The normalized spacial score (nSPS) is 10.8. The maximum atomic E-state index is 5.52. The maximum Gasteiger partial charge on any atom is 0.249 e. The van der Waals surface area contributed by atoms with Crippen LogP contribution < -0.4 is 5.32 Å². The van der Waals surface area contributed by atoms with E-state index in [9.17, 15) is 0 Å². The molecule has 21 heavy (non-hydrogen) atoms. The molecule has 108 valence electrons. The van der Waals surface area contributed by atoms with Crippen LogP contribution in [0.1, 0.15) is 18.4 Å². The first-order valence-electron chi connectivity index (χ1n) is 7.04. The summed E-state index contributed by atoms with van der Waals surface area (Å²) in [6.45, 7) is 5.67. The van der Waals surface area contributed by atoms with Crippen LogP contribution in [-0.4, -0.2) is 14.8 Å². The highest BCUT2D eigenvalue weighted by atomic mass is 16.4. The monoisotopic (exact) mass is 282 g/mol. The number of para-hydroxylation sites is 1. The predicted octanol–water partition coefficient (Wildman–Crippen LogP) is 3.48. The first kappa shape index (κ1) is 13.4. The van der Waals surface area contributed by atoms with E-state index in [1.807, 2.05) is 24.3 Å². The van der Waals surface area contributed by atoms with Crippen LogP contribution in [0.15, 0.2) is 47.1 Å². The number of aromatic nitrogens is 3. The van der Waals surface area contributed by atoms with Gasteiger partial charge in [-0.3, -0.25) is 0 Å². The molecule has 1 N–H and O–H groups in total. The molecule has 3 aromatic rings. The third-order valence-electron chi connectivity index (χ3n) is 3.34. The van der Waals surface area contributed by atoms with E-state index < -0.39 is 0 Å². The minimum atomic E-state index is 0.543. The van der Waals surface area contributed by atoms with Crippen LogP contribution in [0.25, 0.3) is 11.5 Å². The fourth-order valence-electron chi connectivity index (χ4n) is 2.22. The maximum absolute atomic E-state index is 5.52. The molecule has 0 aliphatic carbocycles. The third kappa shape index (κ3) is 2.97. The quantitative estimate of drug-likeness (QED) is 0.778. The van der Waals surface area contributed by atoms with Crippen molar-refractivity contribution in [3.05, 3.63) is 54.2 Å². The van der Waals surface area contributed by atoms with Crippen molar-refractivity contribution in [1.29, 1.82) is 0 Å². The van der Waals surface area contributed by atoms with E-state index in [1.54, 1.807) is 6.92 Å². The number of hydrogen-bond acceptors (Lipinski definition) is 4. The van der Waals surface area contributed by atoms with Gasteiger partial charge in [-0.25, -0.2) is 0 Å². The van der Waals surface area contributed by atoms with Crippen molar-refractivity contribution in [3.8, 4) is 11.5 Å². The van der Waals surface area contributed by atoms with Crippen LogP contribution >= 0.6 is 0 Å². The molecule has 2 heterocycles. The van der Waals surface area contributed by atoms with Crippen molar-refractivity contribution in [2.75, 3.05) is 5.32 Å². The molecule has 0 fully saturated rings. The molecule has 0 saturated heterocycles. The van der Waals surface area contributed by atoms with Crippen molar-refractivity contribution < 1.29 is 4.42 Å². The first-order chi connectivity index (χ1) is 10.3. The summed E-state index contributed by atoms with van der Waals surface area (Å²) < 4.78 is 7.67. The second-order valence-electron chi connectivity index (χ2n) is 4.88. The topological polar surface area (TPSA) is 55.9 Å². The lowest BCUT2D eigenvalue weighted by molar-refractivity contribution is 0.533. The van der Waals surface area contributed by atoms with E-state index in [0.29, 0.717) is 11.8 Å². The minimum absolute atomic E-state index is 0.543. The van der Waals surface area contributed by atoms with E-state index in [0.717, 1.165) is 24.3 Å². The Hall–Kier alpha value is -2.56. The zero-order chi connectivity index (χ0) is 14.7. The Balaban J connectivity index is 1.79. The Morgan fingerprint density at radius 3 is 2.76 bits per heavy atom. The molecular formula is C16H18N4O. The van der Waals surface area contributed by atoms with Gasteiger partial charge in [-0.2, -0.15) is 0 Å². The molecule has 0 amide bonds. The third-order valence-corrected chi connectivity index (χ3v) is 3.34. The van der Waals surface area contributed by atoms with Crippen LogP contribution in [0, 0.1) is 6.92 Å². The highest BCUT2D eigenvalue weighted by molar-refractivity contribution is 5.72. The summed E-state index contributed by atoms with van der Waals surface area (Å²) in [5.41, 5.74) is 3.16. The fourth-order valence-corrected chi connectivity index (χ4v) is 2.22. The molecule has 1 aromatic carbocycles. The molecule has 0 aliphatic heterocycles. The number of rotatable bonds is 5. The molecule has 0 bridgehead atoms. The smallest absolute Gasteiger partial charge is 0.249 e. The van der Waals surface area contributed by atoms with Crippen LogP contribution in [0.4, 0.5) is 5.69 Å². The summed E-state index contributed by atoms with van der Waals surface area (Å²) in [5.74, 6) is 1.11. The van der Waals surface area contributed by atoms with Crippen LogP contribution in [0.5, 0.6) is 0 Å². The summed E-state index contributed by atoms with van der Waals surface area (Å²) in [6, 6.07) is 10.1. The highest BCUT2D eigenvalue weighted by Crippen LogP contribution is 2.27. The van der Waals surface area contributed by atoms with Gasteiger partial charge in [0.1, 0.15) is 0 Å². The Kier molecular flexibility index (Phi) is 3.73. The average molecular weight is 282 g/mol.